The number of nitrogens with one attached hydrogen (secondary N) is 1. The fraction of sp³-hybridized carbons (Fsp3) is 0.125. The largest absolute Gasteiger partial charge is 0.454 e. The zero-order valence-electron chi connectivity index (χ0n) is 17.5. The highest BCUT2D eigenvalue weighted by molar-refractivity contribution is 7.91. The van der Waals surface area contributed by atoms with E-state index in [9.17, 15) is 12.8 Å². The second-order valence-electron chi connectivity index (χ2n) is 7.49. The van der Waals surface area contributed by atoms with Gasteiger partial charge in [0.15, 0.2) is 11.5 Å². The van der Waals surface area contributed by atoms with Gasteiger partial charge in [0.25, 0.3) is 0 Å². The van der Waals surface area contributed by atoms with Gasteiger partial charge in [-0.3, -0.25) is 0 Å². The molecule has 1 aromatic heterocycles. The molecule has 0 radical (unpaired) electrons. The van der Waals surface area contributed by atoms with Crippen molar-refractivity contribution >= 4 is 15.7 Å². The Kier molecular flexibility index (Phi) is 5.26. The smallest absolute Gasteiger partial charge is 0.234 e. The number of hydrogen-bond acceptors (Lipinski definition) is 7. The first-order chi connectivity index (χ1) is 15.9. The molecule has 3 aromatic carbocycles. The third-order valence-corrected chi connectivity index (χ3v) is 6.85. The van der Waals surface area contributed by atoms with Crippen LogP contribution < -0.4 is 14.8 Å². The molecule has 7 nitrogen and oxygen atoms in total. The van der Waals surface area contributed by atoms with Crippen LogP contribution in [0.5, 0.6) is 11.5 Å². The van der Waals surface area contributed by atoms with Gasteiger partial charge in [-0.1, -0.05) is 35.9 Å². The minimum absolute atomic E-state index is 0.0626. The minimum Gasteiger partial charge on any atom is -0.454 e. The number of aromatic nitrogens is 1. The van der Waals surface area contributed by atoms with Crippen molar-refractivity contribution in [2.75, 3.05) is 12.1 Å². The van der Waals surface area contributed by atoms with Crippen molar-refractivity contribution in [1.82, 2.24) is 4.98 Å². The standard InChI is InChI=1S/C24H19FN2O5S/c1-15-6-9-17(10-7-15)33(28,29)24-23(32-22(27-24)18-4-2-3-5-19(18)25)26-13-16-8-11-20-21(12-16)31-14-30-20/h2-12,26H,13-14H2,1H3. The van der Waals surface area contributed by atoms with Crippen molar-refractivity contribution in [3.8, 4) is 23.0 Å². The number of aryl methyl sites for hydroxylation is 1. The highest BCUT2D eigenvalue weighted by Crippen LogP contribution is 2.35. The van der Waals surface area contributed by atoms with E-state index >= 15 is 0 Å². The molecule has 0 amide bonds. The molecule has 1 aliphatic rings. The van der Waals surface area contributed by atoms with E-state index < -0.39 is 15.7 Å². The third kappa shape index (κ3) is 4.03. The summed E-state index contributed by atoms with van der Waals surface area (Å²) in [5.41, 5.74) is 1.79. The van der Waals surface area contributed by atoms with Gasteiger partial charge in [-0.05, 0) is 48.9 Å². The predicted molar refractivity (Wildman–Crippen MR) is 118 cm³/mol. The van der Waals surface area contributed by atoms with Crippen LogP contribution >= 0.6 is 0 Å². The van der Waals surface area contributed by atoms with Crippen LogP contribution in [0.2, 0.25) is 0 Å². The van der Waals surface area contributed by atoms with E-state index in [1.165, 1.54) is 30.3 Å². The zero-order valence-corrected chi connectivity index (χ0v) is 18.4. The van der Waals surface area contributed by atoms with Crippen molar-refractivity contribution in [1.29, 1.82) is 0 Å². The lowest BCUT2D eigenvalue weighted by Gasteiger charge is -2.07. The molecule has 5 rings (SSSR count). The molecule has 0 saturated heterocycles. The Bertz CT molecular complexity index is 1430. The molecular weight excluding hydrogens is 447 g/mol. The maximum Gasteiger partial charge on any atom is 0.234 e. The Morgan fingerprint density at radius 3 is 2.55 bits per heavy atom. The molecule has 0 fully saturated rings. The Morgan fingerprint density at radius 2 is 1.76 bits per heavy atom. The molecule has 4 aromatic rings. The maximum atomic E-state index is 14.4. The lowest BCUT2D eigenvalue weighted by molar-refractivity contribution is 0.174. The summed E-state index contributed by atoms with van der Waals surface area (Å²) in [4.78, 5) is 4.24. The third-order valence-electron chi connectivity index (χ3n) is 5.18. The number of benzene rings is 3. The average molecular weight is 466 g/mol. The van der Waals surface area contributed by atoms with Crippen molar-refractivity contribution < 1.29 is 26.7 Å². The highest BCUT2D eigenvalue weighted by Gasteiger charge is 2.29. The number of sulfone groups is 1. The quantitative estimate of drug-likeness (QED) is 0.429. The topological polar surface area (TPSA) is 90.7 Å². The molecule has 9 heteroatoms. The minimum atomic E-state index is -4.03. The molecule has 168 valence electrons. The van der Waals surface area contributed by atoms with E-state index in [2.05, 4.69) is 10.3 Å². The number of fused-ring (bicyclic) bond motifs is 1. The number of anilines is 1. The monoisotopic (exact) mass is 466 g/mol. The van der Waals surface area contributed by atoms with Gasteiger partial charge < -0.3 is 19.2 Å². The number of halogens is 1. The predicted octanol–water partition coefficient (Wildman–Crippen LogP) is 4.96. The van der Waals surface area contributed by atoms with Gasteiger partial charge in [0.1, 0.15) is 5.82 Å². The van der Waals surface area contributed by atoms with Crippen molar-refractivity contribution in [2.45, 2.75) is 23.4 Å². The first kappa shape index (κ1) is 21.0. The Hall–Kier alpha value is -3.85. The van der Waals surface area contributed by atoms with E-state index in [1.807, 2.05) is 13.0 Å². The van der Waals surface area contributed by atoms with E-state index in [0.717, 1.165) is 11.1 Å². The van der Waals surface area contributed by atoms with Crippen LogP contribution in [0.25, 0.3) is 11.5 Å². The summed E-state index contributed by atoms with van der Waals surface area (Å²) < 4.78 is 57.5. The molecular formula is C24H19FN2O5S. The number of rotatable bonds is 6. The van der Waals surface area contributed by atoms with Crippen molar-refractivity contribution in [3.05, 3.63) is 83.7 Å². The zero-order chi connectivity index (χ0) is 23.0. The number of oxazole rings is 1. The van der Waals surface area contributed by atoms with Crippen molar-refractivity contribution in [2.24, 2.45) is 0 Å². The summed E-state index contributed by atoms with van der Waals surface area (Å²) in [5, 5.41) is 2.68. The first-order valence-electron chi connectivity index (χ1n) is 10.1. The lowest BCUT2D eigenvalue weighted by Crippen LogP contribution is -2.07. The molecule has 1 aliphatic heterocycles. The molecule has 0 unspecified atom stereocenters. The molecule has 0 saturated carbocycles. The van der Waals surface area contributed by atoms with Crippen LogP contribution in [0.3, 0.4) is 0 Å². The van der Waals surface area contributed by atoms with E-state index in [-0.39, 0.29) is 40.6 Å². The van der Waals surface area contributed by atoms with Crippen LogP contribution in [0.1, 0.15) is 11.1 Å². The fourth-order valence-electron chi connectivity index (χ4n) is 3.41. The molecule has 33 heavy (non-hydrogen) atoms. The summed E-state index contributed by atoms with van der Waals surface area (Å²) in [7, 11) is -4.03. The second-order valence-corrected chi connectivity index (χ2v) is 9.36. The Labute approximate surface area is 189 Å². The molecule has 0 aliphatic carbocycles. The van der Waals surface area contributed by atoms with Gasteiger partial charge in [-0.25, -0.2) is 12.8 Å². The van der Waals surface area contributed by atoms with Crippen LogP contribution in [-0.4, -0.2) is 20.2 Å². The summed E-state index contributed by atoms with van der Waals surface area (Å²) in [5.74, 6) is 0.466. The van der Waals surface area contributed by atoms with E-state index in [4.69, 9.17) is 13.9 Å². The van der Waals surface area contributed by atoms with Gasteiger partial charge in [0.2, 0.25) is 33.4 Å². The molecule has 0 atom stereocenters. The number of nitrogens with zero attached hydrogens (tertiary/aromatic N) is 1. The Morgan fingerprint density at radius 1 is 1.00 bits per heavy atom. The van der Waals surface area contributed by atoms with Crippen LogP contribution in [0.4, 0.5) is 10.3 Å². The number of hydrogen-bond donors (Lipinski definition) is 1. The van der Waals surface area contributed by atoms with E-state index in [0.29, 0.717) is 11.5 Å². The van der Waals surface area contributed by atoms with Crippen LogP contribution in [-0.2, 0) is 16.4 Å². The normalized spacial score (nSPS) is 12.7. The first-order valence-corrected chi connectivity index (χ1v) is 11.6. The molecule has 0 spiro atoms. The summed E-state index contributed by atoms with van der Waals surface area (Å²) in [6, 6.07) is 17.7. The second kappa shape index (κ2) is 8.25. The van der Waals surface area contributed by atoms with Gasteiger partial charge >= 0.3 is 0 Å². The molecule has 0 bridgehead atoms. The van der Waals surface area contributed by atoms with Crippen LogP contribution in [0, 0.1) is 12.7 Å². The highest BCUT2D eigenvalue weighted by atomic mass is 32.2. The van der Waals surface area contributed by atoms with Gasteiger partial charge in [-0.15, -0.1) is 0 Å². The lowest BCUT2D eigenvalue weighted by atomic mass is 10.2. The van der Waals surface area contributed by atoms with E-state index in [1.54, 1.807) is 30.3 Å². The fourth-order valence-corrected chi connectivity index (χ4v) is 4.69. The van der Waals surface area contributed by atoms with Gasteiger partial charge in [-0.2, -0.15) is 4.98 Å². The molecule has 1 N–H and O–H groups in total. The summed E-state index contributed by atoms with van der Waals surface area (Å²) in [6.45, 7) is 2.24. The Balaban J connectivity index is 1.54. The van der Waals surface area contributed by atoms with Crippen molar-refractivity contribution in [3.63, 3.8) is 0 Å². The SMILES string of the molecule is Cc1ccc(S(=O)(=O)c2nc(-c3ccccc3F)oc2NCc2ccc3c(c2)OCO3)cc1. The summed E-state index contributed by atoms with van der Waals surface area (Å²) in [6.07, 6.45) is 0. The van der Waals surface area contributed by atoms with Crippen LogP contribution in [0.15, 0.2) is 81.1 Å². The van der Waals surface area contributed by atoms with Gasteiger partial charge in [0.05, 0.1) is 10.5 Å². The summed E-state index contributed by atoms with van der Waals surface area (Å²) >= 11 is 0. The van der Waals surface area contributed by atoms with Gasteiger partial charge in [0, 0.05) is 6.54 Å². The average Bonchev–Trinajstić information content (AvgIpc) is 3.45. The molecule has 2 heterocycles. The maximum absolute atomic E-state index is 14.4. The number of ether oxygens (including phenoxy) is 2.